The Balaban J connectivity index is 1.42. The van der Waals surface area contributed by atoms with E-state index >= 15 is 4.79 Å². The minimum atomic E-state index is -4.57. The van der Waals surface area contributed by atoms with Crippen molar-refractivity contribution in [3.63, 3.8) is 0 Å². The number of para-hydroxylation sites is 1. The summed E-state index contributed by atoms with van der Waals surface area (Å²) in [4.78, 5) is 39.9. The van der Waals surface area contributed by atoms with E-state index < -0.39 is 27.5 Å². The number of piperidine rings is 1. The number of nitrogens with zero attached hydrogens (tertiary/aromatic N) is 5. The van der Waals surface area contributed by atoms with Crippen LogP contribution in [-0.2, 0) is 20.4 Å². The molecule has 4 heterocycles. The normalized spacial score (nSPS) is 21.1. The summed E-state index contributed by atoms with van der Waals surface area (Å²) in [6, 6.07) is 13.7. The molecule has 2 fully saturated rings. The maximum Gasteiger partial charge on any atom is 0.318 e. The van der Waals surface area contributed by atoms with Crippen molar-refractivity contribution >= 4 is 39.2 Å². The van der Waals surface area contributed by atoms with Gasteiger partial charge in [0.25, 0.3) is 15.9 Å². The van der Waals surface area contributed by atoms with Gasteiger partial charge in [-0.25, -0.2) is 18.2 Å². The lowest BCUT2D eigenvalue weighted by atomic mass is 9.84. The summed E-state index contributed by atoms with van der Waals surface area (Å²) in [6.45, 7) is 6.34. The molecule has 0 bridgehead atoms. The number of pyridine rings is 1. The van der Waals surface area contributed by atoms with Crippen molar-refractivity contribution in [1.29, 1.82) is 0 Å². The van der Waals surface area contributed by atoms with E-state index in [4.69, 9.17) is 21.1 Å². The number of sulfonamides is 1. The second-order valence-electron chi connectivity index (χ2n) is 11.9. The van der Waals surface area contributed by atoms with Gasteiger partial charge in [0.15, 0.2) is 5.54 Å². The standard InChI is InChI=1S/C33H39ClN6O6S/c1-4-46-30-25(8-7-15-35-30)33(36-32(42)39-20-18-38(19-21-39)24-13-16-37(2)17-14-24)26-22-23(34)11-12-27(26)40(31(33)41)47(43,44)29-10-6-5-9-28(29)45-3/h5-12,15,22,24H,4,13-14,16-21H2,1-3H3,(H,36,42). The molecule has 3 amide bonds. The number of carbonyl (C=O) groups excluding carboxylic acids is 2. The van der Waals surface area contributed by atoms with Gasteiger partial charge in [0.05, 0.1) is 25.0 Å². The van der Waals surface area contributed by atoms with Crippen molar-refractivity contribution in [2.75, 3.05) is 64.3 Å². The maximum absolute atomic E-state index is 15.0. The third-order valence-electron chi connectivity index (χ3n) is 9.23. The fraction of sp³-hybridized carbons (Fsp3) is 0.424. The van der Waals surface area contributed by atoms with Gasteiger partial charge >= 0.3 is 6.03 Å². The Bertz CT molecular complexity index is 1760. The zero-order valence-corrected chi connectivity index (χ0v) is 28.3. The highest BCUT2D eigenvalue weighted by molar-refractivity contribution is 7.93. The Morgan fingerprint density at radius 3 is 2.45 bits per heavy atom. The van der Waals surface area contributed by atoms with Gasteiger partial charge in [0.1, 0.15) is 10.6 Å². The highest BCUT2D eigenvalue weighted by Gasteiger charge is 2.59. The van der Waals surface area contributed by atoms with Gasteiger partial charge < -0.3 is 24.6 Å². The quantitative estimate of drug-likeness (QED) is 0.380. The topological polar surface area (TPSA) is 125 Å². The largest absolute Gasteiger partial charge is 0.495 e. The van der Waals surface area contributed by atoms with Crippen molar-refractivity contribution in [1.82, 2.24) is 25.0 Å². The van der Waals surface area contributed by atoms with Crippen molar-refractivity contribution in [3.8, 4) is 11.6 Å². The lowest BCUT2D eigenvalue weighted by Gasteiger charge is -2.43. The van der Waals surface area contributed by atoms with E-state index in [1.807, 2.05) is 0 Å². The second kappa shape index (κ2) is 13.3. The number of aromatic nitrogens is 1. The molecule has 0 saturated carbocycles. The van der Waals surface area contributed by atoms with Crippen LogP contribution in [0.1, 0.15) is 30.9 Å². The molecule has 1 aromatic heterocycles. The summed E-state index contributed by atoms with van der Waals surface area (Å²) in [7, 11) is -1.08. The molecule has 250 valence electrons. The van der Waals surface area contributed by atoms with E-state index in [0.29, 0.717) is 32.2 Å². The van der Waals surface area contributed by atoms with Crippen LogP contribution >= 0.6 is 11.6 Å². The second-order valence-corrected chi connectivity index (χ2v) is 14.1. The van der Waals surface area contributed by atoms with Gasteiger partial charge in [-0.05, 0) is 82.4 Å². The van der Waals surface area contributed by atoms with Crippen molar-refractivity contribution in [2.45, 2.75) is 36.2 Å². The van der Waals surface area contributed by atoms with E-state index in [2.05, 4.69) is 27.1 Å². The first-order chi connectivity index (χ1) is 22.6. The zero-order chi connectivity index (χ0) is 33.3. The molecular formula is C33H39ClN6O6S. The van der Waals surface area contributed by atoms with Gasteiger partial charge in [-0.2, -0.15) is 4.31 Å². The third-order valence-corrected chi connectivity index (χ3v) is 11.2. The number of likely N-dealkylation sites (tertiary alicyclic amines) is 1. The minimum Gasteiger partial charge on any atom is -0.495 e. The fourth-order valence-corrected chi connectivity index (χ4v) is 8.60. The summed E-state index contributed by atoms with van der Waals surface area (Å²) in [5.41, 5.74) is -1.63. The monoisotopic (exact) mass is 682 g/mol. The van der Waals surface area contributed by atoms with Gasteiger partial charge in [-0.1, -0.05) is 23.7 Å². The molecule has 14 heteroatoms. The Hall–Kier alpha value is -3.91. The van der Waals surface area contributed by atoms with Gasteiger partial charge in [0.2, 0.25) is 5.88 Å². The first-order valence-electron chi connectivity index (χ1n) is 15.7. The Morgan fingerprint density at radius 2 is 1.74 bits per heavy atom. The molecule has 1 unspecified atom stereocenters. The van der Waals surface area contributed by atoms with Gasteiger partial charge in [0, 0.05) is 49.0 Å². The van der Waals surface area contributed by atoms with Crippen molar-refractivity contribution in [3.05, 3.63) is 76.9 Å². The number of amides is 3. The Kier molecular flexibility index (Phi) is 9.34. The number of benzene rings is 2. The van der Waals surface area contributed by atoms with Crippen LogP contribution in [0.25, 0.3) is 0 Å². The van der Waals surface area contributed by atoms with Crippen molar-refractivity contribution < 1.29 is 27.5 Å². The minimum absolute atomic E-state index is 0.0454. The lowest BCUT2D eigenvalue weighted by Crippen LogP contribution is -2.61. The van der Waals surface area contributed by atoms with Crippen LogP contribution in [0.5, 0.6) is 11.6 Å². The molecule has 1 atom stereocenters. The maximum atomic E-state index is 15.0. The fourth-order valence-electron chi connectivity index (χ4n) is 6.80. The van der Waals surface area contributed by atoms with E-state index in [-0.39, 0.29) is 45.0 Å². The van der Waals surface area contributed by atoms with Crippen LogP contribution in [0.2, 0.25) is 5.02 Å². The highest BCUT2D eigenvalue weighted by atomic mass is 35.5. The number of methoxy groups -OCH3 is 1. The average Bonchev–Trinajstić information content (AvgIpc) is 3.33. The molecule has 3 aromatic rings. The molecule has 0 aliphatic carbocycles. The van der Waals surface area contributed by atoms with Crippen LogP contribution in [0.4, 0.5) is 10.5 Å². The third kappa shape index (κ3) is 5.90. The molecule has 6 rings (SSSR count). The SMILES string of the molecule is CCOc1ncccc1C1(NC(=O)N2CCN(C3CCN(C)CC3)CC2)C(=O)N(S(=O)(=O)c2ccccc2OC)c2ccc(Cl)cc21. The predicted molar refractivity (Wildman–Crippen MR) is 178 cm³/mol. The average molecular weight is 683 g/mol. The molecule has 12 nitrogen and oxygen atoms in total. The number of urea groups is 1. The predicted octanol–water partition coefficient (Wildman–Crippen LogP) is 3.54. The van der Waals surface area contributed by atoms with Crippen LogP contribution < -0.4 is 19.1 Å². The number of piperazine rings is 1. The molecule has 0 radical (unpaired) electrons. The summed E-state index contributed by atoms with van der Waals surface area (Å²) >= 11 is 6.52. The molecule has 47 heavy (non-hydrogen) atoms. The first-order valence-corrected chi connectivity index (χ1v) is 17.5. The first kappa shape index (κ1) is 33.0. The van der Waals surface area contributed by atoms with Crippen LogP contribution in [0.3, 0.4) is 0 Å². The number of rotatable bonds is 8. The smallest absolute Gasteiger partial charge is 0.318 e. The number of halogens is 1. The molecule has 1 N–H and O–H groups in total. The number of fused-ring (bicyclic) bond motifs is 1. The van der Waals surface area contributed by atoms with Crippen LogP contribution in [0.15, 0.2) is 65.7 Å². The molecule has 3 aliphatic rings. The van der Waals surface area contributed by atoms with Crippen LogP contribution in [-0.4, -0.2) is 106 Å². The summed E-state index contributed by atoms with van der Waals surface area (Å²) in [5, 5.41) is 3.24. The van der Waals surface area contributed by atoms with E-state index in [1.54, 1.807) is 36.1 Å². The van der Waals surface area contributed by atoms with E-state index in [0.717, 1.165) is 30.2 Å². The molecule has 0 spiro atoms. The number of ether oxygens (including phenoxy) is 2. The van der Waals surface area contributed by atoms with E-state index in [9.17, 15) is 13.2 Å². The van der Waals surface area contributed by atoms with E-state index in [1.165, 1.54) is 43.6 Å². The van der Waals surface area contributed by atoms with Crippen LogP contribution in [0, 0.1) is 0 Å². The number of nitrogens with one attached hydrogen (secondary N) is 1. The zero-order valence-electron chi connectivity index (χ0n) is 26.7. The molecular weight excluding hydrogens is 644 g/mol. The lowest BCUT2D eigenvalue weighted by molar-refractivity contribution is -0.121. The van der Waals surface area contributed by atoms with Gasteiger partial charge in [-0.15, -0.1) is 0 Å². The summed E-state index contributed by atoms with van der Waals surface area (Å²) < 4.78 is 40.8. The highest BCUT2D eigenvalue weighted by Crippen LogP contribution is 2.50. The molecule has 2 aromatic carbocycles. The summed E-state index contributed by atoms with van der Waals surface area (Å²) in [6.07, 6.45) is 3.67. The number of hydrogen-bond acceptors (Lipinski definition) is 9. The van der Waals surface area contributed by atoms with Crippen molar-refractivity contribution in [2.24, 2.45) is 0 Å². The number of carbonyl (C=O) groups is 2. The van der Waals surface area contributed by atoms with Gasteiger partial charge in [-0.3, -0.25) is 9.69 Å². The summed E-state index contributed by atoms with van der Waals surface area (Å²) in [5.74, 6) is -0.776. The molecule has 3 aliphatic heterocycles. The Labute approximate surface area is 280 Å². The number of hydrogen-bond donors (Lipinski definition) is 1. The Morgan fingerprint density at radius 1 is 1.02 bits per heavy atom. The molecule has 2 saturated heterocycles. The number of anilines is 1.